The highest BCUT2D eigenvalue weighted by Gasteiger charge is 2.34. The van der Waals surface area contributed by atoms with Gasteiger partial charge < -0.3 is 0 Å². The average molecular weight is 333 g/mol. The van der Waals surface area contributed by atoms with Gasteiger partial charge in [-0.1, -0.05) is 62.0 Å². The van der Waals surface area contributed by atoms with Crippen LogP contribution in [0.3, 0.4) is 0 Å². The molecule has 0 radical (unpaired) electrons. The average Bonchev–Trinajstić information content (AvgIpc) is 3.34. The maximum Gasteiger partial charge on any atom is 0.00607 e. The minimum atomic E-state index is 0.606. The first-order valence-electron chi connectivity index (χ1n) is 10.5. The van der Waals surface area contributed by atoms with Gasteiger partial charge in [0.25, 0.3) is 0 Å². The second-order valence-corrected chi connectivity index (χ2v) is 8.09. The maximum absolute atomic E-state index is 2.52. The Bertz CT molecular complexity index is 619. The summed E-state index contributed by atoms with van der Waals surface area (Å²) in [5, 5.41) is 0. The molecular weight excluding hydrogens is 300 g/mol. The van der Waals surface area contributed by atoms with Crippen molar-refractivity contribution in [1.29, 1.82) is 0 Å². The Labute approximate surface area is 153 Å². The summed E-state index contributed by atoms with van der Waals surface area (Å²) in [7, 11) is 0. The lowest BCUT2D eigenvalue weighted by molar-refractivity contribution is 0.362. The van der Waals surface area contributed by atoms with E-state index in [0.29, 0.717) is 17.8 Å². The van der Waals surface area contributed by atoms with Crippen LogP contribution in [0.1, 0.15) is 64.7 Å². The smallest absolute Gasteiger partial charge is 0.00607 e. The second kappa shape index (κ2) is 7.77. The summed E-state index contributed by atoms with van der Waals surface area (Å²) in [4.78, 5) is 0. The van der Waals surface area contributed by atoms with Gasteiger partial charge in [0.2, 0.25) is 0 Å². The van der Waals surface area contributed by atoms with Gasteiger partial charge in [-0.15, -0.1) is 0 Å². The normalized spacial score (nSPS) is 30.0. The summed E-state index contributed by atoms with van der Waals surface area (Å²) in [6.45, 7) is 2.39. The SMILES string of the molecule is CCC(C1C=CC=C1C1=CCCCC1)C1C=CC=C1C1=CCCCC1. The standard InChI is InChI=1S/C25H32/c1-2-21(24-17-9-15-22(24)19-11-5-3-6-12-19)25-18-10-16-23(25)20-13-7-4-8-14-20/h9-11,13,15-18,21,24-25H,2-8,12,14H2,1H3. The van der Waals surface area contributed by atoms with Crippen molar-refractivity contribution < 1.29 is 0 Å². The van der Waals surface area contributed by atoms with Crippen LogP contribution >= 0.6 is 0 Å². The highest BCUT2D eigenvalue weighted by molar-refractivity contribution is 5.47. The number of hydrogen-bond acceptors (Lipinski definition) is 0. The van der Waals surface area contributed by atoms with Crippen LogP contribution in [0.2, 0.25) is 0 Å². The molecule has 132 valence electrons. The Morgan fingerprint density at radius 2 is 1.32 bits per heavy atom. The lowest BCUT2D eigenvalue weighted by atomic mass is 9.71. The molecule has 0 heteroatoms. The highest BCUT2D eigenvalue weighted by atomic mass is 14.4. The number of hydrogen-bond donors (Lipinski definition) is 0. The van der Waals surface area contributed by atoms with Crippen molar-refractivity contribution in [3.63, 3.8) is 0 Å². The second-order valence-electron chi connectivity index (χ2n) is 8.09. The molecule has 0 bridgehead atoms. The minimum Gasteiger partial charge on any atom is -0.0810 e. The van der Waals surface area contributed by atoms with Crippen molar-refractivity contribution in [1.82, 2.24) is 0 Å². The maximum atomic E-state index is 2.52. The predicted octanol–water partition coefficient (Wildman–Crippen LogP) is 7.24. The van der Waals surface area contributed by atoms with Crippen molar-refractivity contribution in [3.05, 3.63) is 70.9 Å². The molecule has 0 heterocycles. The summed E-state index contributed by atoms with van der Waals surface area (Å²) in [6, 6.07) is 0. The highest BCUT2D eigenvalue weighted by Crippen LogP contribution is 2.45. The van der Waals surface area contributed by atoms with Crippen LogP contribution in [-0.4, -0.2) is 0 Å². The Balaban J connectivity index is 1.57. The molecular formula is C25H32. The van der Waals surface area contributed by atoms with Crippen LogP contribution in [0.4, 0.5) is 0 Å². The molecule has 4 rings (SSSR count). The van der Waals surface area contributed by atoms with Crippen LogP contribution in [0.25, 0.3) is 0 Å². The summed E-state index contributed by atoms with van der Waals surface area (Å²) in [6.07, 6.45) is 31.3. The first-order valence-corrected chi connectivity index (χ1v) is 10.5. The third-order valence-electron chi connectivity index (χ3n) is 6.62. The summed E-state index contributed by atoms with van der Waals surface area (Å²) in [5.41, 5.74) is 6.54. The molecule has 25 heavy (non-hydrogen) atoms. The molecule has 0 saturated heterocycles. The van der Waals surface area contributed by atoms with E-state index in [1.807, 2.05) is 0 Å². The van der Waals surface area contributed by atoms with Crippen molar-refractivity contribution in [2.75, 3.05) is 0 Å². The lowest BCUT2D eigenvalue weighted by Gasteiger charge is -2.33. The van der Waals surface area contributed by atoms with E-state index in [1.54, 1.807) is 22.3 Å². The van der Waals surface area contributed by atoms with Crippen molar-refractivity contribution >= 4 is 0 Å². The van der Waals surface area contributed by atoms with Gasteiger partial charge in [-0.25, -0.2) is 0 Å². The van der Waals surface area contributed by atoms with Gasteiger partial charge in [-0.3, -0.25) is 0 Å². The molecule has 0 spiro atoms. The molecule has 4 aliphatic carbocycles. The van der Waals surface area contributed by atoms with E-state index in [4.69, 9.17) is 0 Å². The number of rotatable bonds is 5. The van der Waals surface area contributed by atoms with Gasteiger partial charge in [-0.2, -0.15) is 0 Å². The monoisotopic (exact) mass is 332 g/mol. The zero-order chi connectivity index (χ0) is 17.1. The van der Waals surface area contributed by atoms with Crippen LogP contribution in [0.5, 0.6) is 0 Å². The molecule has 0 saturated carbocycles. The molecule has 0 N–H and O–H groups in total. The molecule has 0 aromatic rings. The molecule has 0 amide bonds. The third kappa shape index (κ3) is 3.41. The van der Waals surface area contributed by atoms with Crippen molar-refractivity contribution in [3.8, 4) is 0 Å². The zero-order valence-corrected chi connectivity index (χ0v) is 15.7. The molecule has 0 fully saturated rings. The van der Waals surface area contributed by atoms with E-state index in [2.05, 4.69) is 55.5 Å². The Kier molecular flexibility index (Phi) is 5.25. The first-order chi connectivity index (χ1) is 12.4. The van der Waals surface area contributed by atoms with Gasteiger partial charge in [0.05, 0.1) is 0 Å². The molecule has 0 aromatic carbocycles. The molecule has 2 atom stereocenters. The predicted molar refractivity (Wildman–Crippen MR) is 108 cm³/mol. The van der Waals surface area contributed by atoms with Gasteiger partial charge in [0, 0.05) is 11.8 Å². The van der Waals surface area contributed by atoms with E-state index in [9.17, 15) is 0 Å². The number of allylic oxidation sites excluding steroid dienone is 12. The van der Waals surface area contributed by atoms with Crippen LogP contribution in [0.15, 0.2) is 70.9 Å². The summed E-state index contributed by atoms with van der Waals surface area (Å²) < 4.78 is 0. The topological polar surface area (TPSA) is 0 Å². The van der Waals surface area contributed by atoms with Gasteiger partial charge >= 0.3 is 0 Å². The molecule has 2 unspecified atom stereocenters. The van der Waals surface area contributed by atoms with Gasteiger partial charge in [0.15, 0.2) is 0 Å². The lowest BCUT2D eigenvalue weighted by Crippen LogP contribution is -2.24. The fourth-order valence-electron chi connectivity index (χ4n) is 5.31. The summed E-state index contributed by atoms with van der Waals surface area (Å²) >= 11 is 0. The van der Waals surface area contributed by atoms with Crippen molar-refractivity contribution in [2.45, 2.75) is 64.7 Å². The Morgan fingerprint density at radius 1 is 0.800 bits per heavy atom. The minimum absolute atomic E-state index is 0.606. The quantitative estimate of drug-likeness (QED) is 0.498. The Morgan fingerprint density at radius 3 is 1.72 bits per heavy atom. The first kappa shape index (κ1) is 16.9. The molecule has 0 aliphatic heterocycles. The molecule has 0 nitrogen and oxygen atoms in total. The zero-order valence-electron chi connectivity index (χ0n) is 15.7. The van der Waals surface area contributed by atoms with Crippen molar-refractivity contribution in [2.24, 2.45) is 17.8 Å². The van der Waals surface area contributed by atoms with Crippen LogP contribution < -0.4 is 0 Å². The third-order valence-corrected chi connectivity index (χ3v) is 6.62. The van der Waals surface area contributed by atoms with E-state index >= 15 is 0 Å². The van der Waals surface area contributed by atoms with E-state index in [0.717, 1.165) is 0 Å². The van der Waals surface area contributed by atoms with Gasteiger partial charge in [-0.05, 0) is 79.6 Å². The Hall–Kier alpha value is -1.56. The van der Waals surface area contributed by atoms with E-state index in [-0.39, 0.29) is 0 Å². The molecule has 0 aromatic heterocycles. The fraction of sp³-hybridized carbons (Fsp3) is 0.520. The van der Waals surface area contributed by atoms with Crippen LogP contribution in [-0.2, 0) is 0 Å². The van der Waals surface area contributed by atoms with E-state index in [1.165, 1.54) is 57.8 Å². The fourth-order valence-corrected chi connectivity index (χ4v) is 5.31. The molecule has 4 aliphatic rings. The summed E-state index contributed by atoms with van der Waals surface area (Å²) in [5.74, 6) is 1.91. The van der Waals surface area contributed by atoms with E-state index < -0.39 is 0 Å². The van der Waals surface area contributed by atoms with Crippen LogP contribution in [0, 0.1) is 17.8 Å². The van der Waals surface area contributed by atoms with Gasteiger partial charge in [0.1, 0.15) is 0 Å². The largest absolute Gasteiger partial charge is 0.0810 e.